The minimum atomic E-state index is 0.0744. The number of carbonyl (C=O) groups excluding carboxylic acids is 1. The smallest absolute Gasteiger partial charge is 0.244 e. The molecule has 0 fully saturated rings. The zero-order valence-electron chi connectivity index (χ0n) is 6.39. The van der Waals surface area contributed by atoms with Gasteiger partial charge >= 0.3 is 0 Å². The molecule has 2 aliphatic rings. The van der Waals surface area contributed by atoms with Gasteiger partial charge in [0, 0.05) is 12.6 Å². The topological polar surface area (TPSA) is 29.1 Å². The highest BCUT2D eigenvalue weighted by Crippen LogP contribution is 2.27. The largest absolute Gasteiger partial charge is 0.352 e. The Hall–Kier alpha value is -1.05. The van der Waals surface area contributed by atoms with Crippen molar-refractivity contribution in [3.8, 4) is 0 Å². The van der Waals surface area contributed by atoms with Gasteiger partial charge in [0.05, 0.1) is 0 Å². The Morgan fingerprint density at radius 1 is 1.27 bits per heavy atom. The number of carbonyl (C=O) groups is 1. The first-order valence-electron chi connectivity index (χ1n) is 4.04. The molecule has 0 atom stereocenters. The van der Waals surface area contributed by atoms with Gasteiger partial charge in [-0.3, -0.25) is 4.79 Å². The number of hydrogen-bond donors (Lipinski definition) is 1. The second-order valence-corrected chi connectivity index (χ2v) is 2.98. The highest BCUT2D eigenvalue weighted by atomic mass is 16.1. The lowest BCUT2D eigenvalue weighted by Gasteiger charge is -1.98. The van der Waals surface area contributed by atoms with E-state index in [2.05, 4.69) is 11.4 Å². The van der Waals surface area contributed by atoms with Gasteiger partial charge in [-0.15, -0.1) is 0 Å². The molecule has 0 aromatic heterocycles. The van der Waals surface area contributed by atoms with Gasteiger partial charge in [-0.25, -0.2) is 0 Å². The number of allylic oxidation sites excluding steroid dienone is 2. The monoisotopic (exact) mass is 149 g/mol. The minimum absolute atomic E-state index is 0.0744. The summed E-state index contributed by atoms with van der Waals surface area (Å²) in [6, 6.07) is 0. The fourth-order valence-electron chi connectivity index (χ4n) is 1.65. The number of hydrogen-bond acceptors (Lipinski definition) is 1. The summed E-state index contributed by atoms with van der Waals surface area (Å²) in [5, 5.41) is 2.82. The molecule has 1 N–H and O–H groups in total. The van der Waals surface area contributed by atoms with E-state index in [4.69, 9.17) is 0 Å². The van der Waals surface area contributed by atoms with E-state index < -0.39 is 0 Å². The van der Waals surface area contributed by atoms with Crippen molar-refractivity contribution in [2.24, 2.45) is 0 Å². The minimum Gasteiger partial charge on any atom is -0.352 e. The Morgan fingerprint density at radius 3 is 3.09 bits per heavy atom. The number of fused-ring (bicyclic) bond motifs is 1. The van der Waals surface area contributed by atoms with Gasteiger partial charge in [-0.05, 0) is 30.4 Å². The molecule has 2 rings (SSSR count). The van der Waals surface area contributed by atoms with E-state index in [1.165, 1.54) is 11.1 Å². The fraction of sp³-hybridized carbons (Fsp3) is 0.444. The molecule has 1 amide bonds. The number of nitrogens with one attached hydrogen (secondary N) is 1. The van der Waals surface area contributed by atoms with E-state index in [-0.39, 0.29) is 5.91 Å². The molecule has 0 aromatic rings. The lowest BCUT2D eigenvalue weighted by atomic mass is 10.1. The second-order valence-electron chi connectivity index (χ2n) is 2.98. The van der Waals surface area contributed by atoms with Crippen LogP contribution in [-0.2, 0) is 4.79 Å². The molecule has 2 nitrogen and oxygen atoms in total. The molecule has 0 spiro atoms. The standard InChI is InChI=1S/C9H11NO/c11-9-6-8-3-1-2-7(8)4-5-10-9/h2,6H,1,3-5H2,(H,10,11). The molecule has 0 bridgehead atoms. The molecule has 0 aromatic carbocycles. The van der Waals surface area contributed by atoms with Crippen LogP contribution in [0.5, 0.6) is 0 Å². The van der Waals surface area contributed by atoms with Crippen LogP contribution in [0.1, 0.15) is 19.3 Å². The molecule has 0 radical (unpaired) electrons. The molecular weight excluding hydrogens is 138 g/mol. The summed E-state index contributed by atoms with van der Waals surface area (Å²) >= 11 is 0. The summed E-state index contributed by atoms with van der Waals surface area (Å²) in [7, 11) is 0. The molecule has 2 heteroatoms. The van der Waals surface area contributed by atoms with Crippen LogP contribution in [0.15, 0.2) is 23.3 Å². The van der Waals surface area contributed by atoms with Gasteiger partial charge in [0.25, 0.3) is 0 Å². The Balaban J connectivity index is 2.30. The summed E-state index contributed by atoms with van der Waals surface area (Å²) < 4.78 is 0. The third-order valence-electron chi connectivity index (χ3n) is 2.22. The predicted molar refractivity (Wildman–Crippen MR) is 43.0 cm³/mol. The number of amides is 1. The molecule has 1 aliphatic heterocycles. The van der Waals surface area contributed by atoms with Crippen molar-refractivity contribution in [1.29, 1.82) is 0 Å². The molecule has 1 heterocycles. The summed E-state index contributed by atoms with van der Waals surface area (Å²) in [6.07, 6.45) is 7.17. The maximum atomic E-state index is 11.0. The molecule has 1 aliphatic carbocycles. The predicted octanol–water partition coefficient (Wildman–Crippen LogP) is 1.15. The Labute approximate surface area is 66.0 Å². The molecule has 0 saturated carbocycles. The highest BCUT2D eigenvalue weighted by molar-refractivity contribution is 5.89. The lowest BCUT2D eigenvalue weighted by molar-refractivity contribution is -0.116. The van der Waals surface area contributed by atoms with Crippen molar-refractivity contribution in [1.82, 2.24) is 5.32 Å². The maximum Gasteiger partial charge on any atom is 0.244 e. The van der Waals surface area contributed by atoms with E-state index in [0.29, 0.717) is 0 Å². The SMILES string of the molecule is O=C1C=C2CCC=C2CCN1. The molecule has 0 unspecified atom stereocenters. The average molecular weight is 149 g/mol. The Bertz CT molecular complexity index is 250. The van der Waals surface area contributed by atoms with Crippen LogP contribution in [0.3, 0.4) is 0 Å². The van der Waals surface area contributed by atoms with Crippen molar-refractivity contribution < 1.29 is 4.79 Å². The molecule has 58 valence electrons. The summed E-state index contributed by atoms with van der Waals surface area (Å²) in [6.45, 7) is 0.796. The third kappa shape index (κ3) is 1.20. The first kappa shape index (κ1) is 6.65. The zero-order valence-corrected chi connectivity index (χ0v) is 6.39. The van der Waals surface area contributed by atoms with E-state index in [1.807, 2.05) is 0 Å². The summed E-state index contributed by atoms with van der Waals surface area (Å²) in [5.41, 5.74) is 2.63. The van der Waals surface area contributed by atoms with E-state index in [0.717, 1.165) is 25.8 Å². The van der Waals surface area contributed by atoms with Gasteiger partial charge in [-0.1, -0.05) is 6.08 Å². The van der Waals surface area contributed by atoms with Crippen molar-refractivity contribution >= 4 is 5.91 Å². The van der Waals surface area contributed by atoms with Gasteiger partial charge in [0.1, 0.15) is 0 Å². The summed E-state index contributed by atoms with van der Waals surface area (Å²) in [4.78, 5) is 11.0. The van der Waals surface area contributed by atoms with Gasteiger partial charge in [0.2, 0.25) is 5.91 Å². The van der Waals surface area contributed by atoms with Gasteiger partial charge < -0.3 is 5.32 Å². The van der Waals surface area contributed by atoms with Crippen molar-refractivity contribution in [3.05, 3.63) is 23.3 Å². The molecule has 11 heavy (non-hydrogen) atoms. The lowest BCUT2D eigenvalue weighted by Crippen LogP contribution is -2.20. The van der Waals surface area contributed by atoms with Crippen molar-refractivity contribution in [2.45, 2.75) is 19.3 Å². The maximum absolute atomic E-state index is 11.0. The zero-order chi connectivity index (χ0) is 7.68. The van der Waals surface area contributed by atoms with Crippen LogP contribution in [0.2, 0.25) is 0 Å². The van der Waals surface area contributed by atoms with E-state index in [1.54, 1.807) is 6.08 Å². The van der Waals surface area contributed by atoms with Crippen LogP contribution in [0.25, 0.3) is 0 Å². The van der Waals surface area contributed by atoms with Crippen molar-refractivity contribution in [2.75, 3.05) is 6.54 Å². The number of rotatable bonds is 0. The average Bonchev–Trinajstić information content (AvgIpc) is 2.31. The van der Waals surface area contributed by atoms with Crippen LogP contribution in [0.4, 0.5) is 0 Å². The Morgan fingerprint density at radius 2 is 2.18 bits per heavy atom. The first-order chi connectivity index (χ1) is 5.36. The van der Waals surface area contributed by atoms with E-state index >= 15 is 0 Å². The van der Waals surface area contributed by atoms with Crippen LogP contribution in [-0.4, -0.2) is 12.5 Å². The Kier molecular flexibility index (Phi) is 1.53. The second kappa shape index (κ2) is 2.53. The quantitative estimate of drug-likeness (QED) is 0.550. The molecule has 0 saturated heterocycles. The van der Waals surface area contributed by atoms with E-state index in [9.17, 15) is 4.79 Å². The van der Waals surface area contributed by atoms with Crippen LogP contribution in [0, 0.1) is 0 Å². The van der Waals surface area contributed by atoms with Crippen molar-refractivity contribution in [3.63, 3.8) is 0 Å². The first-order valence-corrected chi connectivity index (χ1v) is 4.04. The third-order valence-corrected chi connectivity index (χ3v) is 2.22. The highest BCUT2D eigenvalue weighted by Gasteiger charge is 2.15. The van der Waals surface area contributed by atoms with Crippen LogP contribution < -0.4 is 5.32 Å². The van der Waals surface area contributed by atoms with Crippen LogP contribution >= 0.6 is 0 Å². The normalized spacial score (nSPS) is 23.1. The van der Waals surface area contributed by atoms with Gasteiger partial charge in [-0.2, -0.15) is 0 Å². The summed E-state index contributed by atoms with van der Waals surface area (Å²) in [5.74, 6) is 0.0744. The van der Waals surface area contributed by atoms with Gasteiger partial charge in [0.15, 0.2) is 0 Å². The fourth-order valence-corrected chi connectivity index (χ4v) is 1.65. The molecular formula is C9H11NO.